The molecule has 0 radical (unpaired) electrons. The molecular formula is C13H25NO5. The molecule has 6 nitrogen and oxygen atoms in total. The molecule has 112 valence electrons. The van der Waals surface area contributed by atoms with E-state index >= 15 is 0 Å². The van der Waals surface area contributed by atoms with Gasteiger partial charge in [-0.1, -0.05) is 0 Å². The highest BCUT2D eigenvalue weighted by molar-refractivity contribution is 5.76. The van der Waals surface area contributed by atoms with E-state index in [2.05, 4.69) is 5.32 Å². The van der Waals surface area contributed by atoms with E-state index in [1.807, 2.05) is 0 Å². The molecule has 6 heteroatoms. The van der Waals surface area contributed by atoms with E-state index in [1.165, 1.54) is 0 Å². The average Bonchev–Trinajstić information content (AvgIpc) is 3.20. The quantitative estimate of drug-likeness (QED) is 0.409. The van der Waals surface area contributed by atoms with Crippen LogP contribution in [0, 0.1) is 0 Å². The van der Waals surface area contributed by atoms with Gasteiger partial charge in [-0.05, 0) is 19.8 Å². The zero-order valence-corrected chi connectivity index (χ0v) is 11.9. The Balaban J connectivity index is 2.08. The number of ether oxygens (including phenoxy) is 4. The molecule has 0 aliphatic heterocycles. The summed E-state index contributed by atoms with van der Waals surface area (Å²) >= 11 is 0. The molecule has 0 aromatic carbocycles. The lowest BCUT2D eigenvalue weighted by molar-refractivity contribution is -0.147. The number of esters is 1. The number of carbonyl (C=O) groups is 1. The summed E-state index contributed by atoms with van der Waals surface area (Å²) in [7, 11) is 1.63. The van der Waals surface area contributed by atoms with Gasteiger partial charge in [-0.2, -0.15) is 0 Å². The summed E-state index contributed by atoms with van der Waals surface area (Å²) in [5, 5.41) is 3.23. The van der Waals surface area contributed by atoms with Crippen LogP contribution in [0.2, 0.25) is 0 Å². The number of hydrogen-bond acceptors (Lipinski definition) is 6. The molecule has 1 N–H and O–H groups in total. The highest BCUT2D eigenvalue weighted by atomic mass is 16.5. The standard InChI is InChI=1S/C13H25NO5/c1-3-19-13(15)12(14-11-4-5-11)10-18-9-8-17-7-6-16-2/h11-12,14H,3-10H2,1-2H3. The first-order valence-corrected chi connectivity index (χ1v) is 6.85. The van der Waals surface area contributed by atoms with Gasteiger partial charge >= 0.3 is 5.97 Å². The second kappa shape index (κ2) is 10.1. The summed E-state index contributed by atoms with van der Waals surface area (Å²) in [6, 6.07) is 0.0717. The lowest BCUT2D eigenvalue weighted by Gasteiger charge is -2.17. The molecule has 0 bridgehead atoms. The monoisotopic (exact) mass is 275 g/mol. The average molecular weight is 275 g/mol. The van der Waals surface area contributed by atoms with E-state index in [0.29, 0.717) is 45.7 Å². The Morgan fingerprint density at radius 2 is 1.89 bits per heavy atom. The van der Waals surface area contributed by atoms with Crippen LogP contribution >= 0.6 is 0 Å². The van der Waals surface area contributed by atoms with E-state index in [1.54, 1.807) is 14.0 Å². The fourth-order valence-corrected chi connectivity index (χ4v) is 1.52. The number of nitrogens with one attached hydrogen (secondary N) is 1. The molecule has 1 aliphatic rings. The maximum absolute atomic E-state index is 11.7. The second-order valence-electron chi connectivity index (χ2n) is 4.43. The van der Waals surface area contributed by atoms with Crippen LogP contribution in [-0.4, -0.2) is 64.8 Å². The minimum Gasteiger partial charge on any atom is -0.465 e. The fourth-order valence-electron chi connectivity index (χ4n) is 1.52. The minimum absolute atomic E-state index is 0.241. The molecule has 1 saturated carbocycles. The van der Waals surface area contributed by atoms with Crippen molar-refractivity contribution in [3.63, 3.8) is 0 Å². The maximum Gasteiger partial charge on any atom is 0.325 e. The van der Waals surface area contributed by atoms with E-state index < -0.39 is 0 Å². The highest BCUT2D eigenvalue weighted by Crippen LogP contribution is 2.19. The van der Waals surface area contributed by atoms with Crippen LogP contribution in [0.5, 0.6) is 0 Å². The Bertz CT molecular complexity index is 245. The van der Waals surface area contributed by atoms with Gasteiger partial charge in [-0.15, -0.1) is 0 Å². The lowest BCUT2D eigenvalue weighted by atomic mass is 10.3. The summed E-state index contributed by atoms with van der Waals surface area (Å²) in [6.45, 7) is 4.62. The van der Waals surface area contributed by atoms with Crippen molar-refractivity contribution in [2.75, 3.05) is 46.8 Å². The molecule has 1 aliphatic carbocycles. The molecule has 0 saturated heterocycles. The third kappa shape index (κ3) is 8.15. The zero-order valence-electron chi connectivity index (χ0n) is 11.9. The van der Waals surface area contributed by atoms with Gasteiger partial charge in [-0.3, -0.25) is 10.1 Å². The molecule has 1 unspecified atom stereocenters. The summed E-state index contributed by atoms with van der Waals surface area (Å²) in [5.41, 5.74) is 0. The van der Waals surface area contributed by atoms with Crippen molar-refractivity contribution in [2.24, 2.45) is 0 Å². The predicted octanol–water partition coefficient (Wildman–Crippen LogP) is 0.350. The molecule has 1 fully saturated rings. The Hall–Kier alpha value is -0.690. The maximum atomic E-state index is 11.7. The molecule has 0 aromatic heterocycles. The predicted molar refractivity (Wildman–Crippen MR) is 70.1 cm³/mol. The van der Waals surface area contributed by atoms with E-state index in [4.69, 9.17) is 18.9 Å². The summed E-state index contributed by atoms with van der Waals surface area (Å²) in [5.74, 6) is -0.241. The summed E-state index contributed by atoms with van der Waals surface area (Å²) in [6.07, 6.45) is 2.24. The first-order chi connectivity index (χ1) is 9.27. The fraction of sp³-hybridized carbons (Fsp3) is 0.923. The van der Waals surface area contributed by atoms with Crippen LogP contribution < -0.4 is 5.32 Å². The van der Waals surface area contributed by atoms with Crippen molar-refractivity contribution in [2.45, 2.75) is 31.8 Å². The molecule has 1 rings (SSSR count). The number of hydrogen-bond donors (Lipinski definition) is 1. The lowest BCUT2D eigenvalue weighted by Crippen LogP contribution is -2.43. The van der Waals surface area contributed by atoms with Gasteiger partial charge in [0, 0.05) is 13.2 Å². The van der Waals surface area contributed by atoms with Gasteiger partial charge in [0.1, 0.15) is 6.04 Å². The first-order valence-electron chi connectivity index (χ1n) is 6.85. The van der Waals surface area contributed by atoms with Gasteiger partial charge < -0.3 is 18.9 Å². The number of rotatable bonds is 12. The Morgan fingerprint density at radius 1 is 1.21 bits per heavy atom. The third-order valence-corrected chi connectivity index (χ3v) is 2.67. The largest absolute Gasteiger partial charge is 0.465 e. The van der Waals surface area contributed by atoms with E-state index in [9.17, 15) is 4.79 Å². The van der Waals surface area contributed by atoms with E-state index in [0.717, 1.165) is 12.8 Å². The third-order valence-electron chi connectivity index (χ3n) is 2.67. The summed E-state index contributed by atoms with van der Waals surface area (Å²) in [4.78, 5) is 11.7. The first kappa shape index (κ1) is 16.4. The van der Waals surface area contributed by atoms with Gasteiger partial charge in [0.25, 0.3) is 0 Å². The molecular weight excluding hydrogens is 250 g/mol. The zero-order chi connectivity index (χ0) is 13.9. The van der Waals surface area contributed by atoms with Crippen LogP contribution in [-0.2, 0) is 23.7 Å². The van der Waals surface area contributed by atoms with Gasteiger partial charge in [0.15, 0.2) is 0 Å². The van der Waals surface area contributed by atoms with Crippen molar-refractivity contribution in [3.8, 4) is 0 Å². The molecule has 0 spiro atoms. The van der Waals surface area contributed by atoms with Crippen LogP contribution in [0.1, 0.15) is 19.8 Å². The van der Waals surface area contributed by atoms with Crippen LogP contribution in [0.3, 0.4) is 0 Å². The molecule has 1 atom stereocenters. The number of methoxy groups -OCH3 is 1. The second-order valence-corrected chi connectivity index (χ2v) is 4.43. The SMILES string of the molecule is CCOC(=O)C(COCCOCCOC)NC1CC1. The van der Waals surface area contributed by atoms with Crippen molar-refractivity contribution in [1.29, 1.82) is 0 Å². The smallest absolute Gasteiger partial charge is 0.325 e. The van der Waals surface area contributed by atoms with Gasteiger partial charge in [0.05, 0.1) is 39.6 Å². The Labute approximate surface area is 114 Å². The van der Waals surface area contributed by atoms with Gasteiger partial charge in [-0.25, -0.2) is 0 Å². The van der Waals surface area contributed by atoms with Crippen LogP contribution in [0.25, 0.3) is 0 Å². The number of carbonyl (C=O) groups excluding carboxylic acids is 1. The molecule has 19 heavy (non-hydrogen) atoms. The highest BCUT2D eigenvalue weighted by Gasteiger charge is 2.29. The molecule has 0 heterocycles. The topological polar surface area (TPSA) is 66.0 Å². The van der Waals surface area contributed by atoms with Crippen LogP contribution in [0.15, 0.2) is 0 Å². The Morgan fingerprint density at radius 3 is 2.53 bits per heavy atom. The Kier molecular flexibility index (Phi) is 8.73. The van der Waals surface area contributed by atoms with Crippen molar-refractivity contribution in [1.82, 2.24) is 5.32 Å². The van der Waals surface area contributed by atoms with Crippen molar-refractivity contribution < 1.29 is 23.7 Å². The van der Waals surface area contributed by atoms with Gasteiger partial charge in [0.2, 0.25) is 0 Å². The van der Waals surface area contributed by atoms with E-state index in [-0.39, 0.29) is 12.0 Å². The minimum atomic E-state index is -0.369. The van der Waals surface area contributed by atoms with Crippen molar-refractivity contribution >= 4 is 5.97 Å². The summed E-state index contributed by atoms with van der Waals surface area (Å²) < 4.78 is 20.6. The normalized spacial score (nSPS) is 16.3. The molecule has 0 amide bonds. The van der Waals surface area contributed by atoms with Crippen LogP contribution in [0.4, 0.5) is 0 Å². The molecule has 0 aromatic rings. The van der Waals surface area contributed by atoms with Crippen molar-refractivity contribution in [3.05, 3.63) is 0 Å².